The SMILES string of the molecule is COc1ccc(C)cc1NC(=O)c1sc(-c2ccccn2)nc1C. The number of thiazole rings is 1. The minimum Gasteiger partial charge on any atom is -0.495 e. The van der Waals surface area contributed by atoms with E-state index < -0.39 is 0 Å². The second-order valence-corrected chi connectivity index (χ2v) is 6.31. The first kappa shape index (κ1) is 16.1. The van der Waals surface area contributed by atoms with Crippen LogP contribution in [0.2, 0.25) is 0 Å². The Kier molecular flexibility index (Phi) is 4.57. The van der Waals surface area contributed by atoms with Gasteiger partial charge in [-0.2, -0.15) is 0 Å². The van der Waals surface area contributed by atoms with Gasteiger partial charge >= 0.3 is 0 Å². The number of rotatable bonds is 4. The molecule has 0 aliphatic rings. The summed E-state index contributed by atoms with van der Waals surface area (Å²) in [6, 6.07) is 11.3. The molecule has 122 valence electrons. The fourth-order valence-corrected chi connectivity index (χ4v) is 3.24. The molecule has 0 aliphatic heterocycles. The first-order valence-electron chi connectivity index (χ1n) is 7.43. The number of hydrogen-bond acceptors (Lipinski definition) is 5. The first-order valence-corrected chi connectivity index (χ1v) is 8.25. The van der Waals surface area contributed by atoms with E-state index in [0.717, 1.165) is 16.3 Å². The molecule has 0 radical (unpaired) electrons. The molecule has 1 amide bonds. The molecule has 1 N–H and O–H groups in total. The lowest BCUT2D eigenvalue weighted by molar-refractivity contribution is 0.102. The fourth-order valence-electron chi connectivity index (χ4n) is 2.30. The molecule has 2 aromatic heterocycles. The number of hydrogen-bond donors (Lipinski definition) is 1. The Hall–Kier alpha value is -2.73. The maximum Gasteiger partial charge on any atom is 0.267 e. The van der Waals surface area contributed by atoms with Crippen LogP contribution in [0.3, 0.4) is 0 Å². The standard InChI is InChI=1S/C18H17N3O2S/c1-11-7-8-15(23-3)14(10-11)21-17(22)16-12(2)20-18(24-16)13-6-4-5-9-19-13/h4-10H,1-3H3,(H,21,22). The minimum absolute atomic E-state index is 0.198. The van der Waals surface area contributed by atoms with Crippen molar-refractivity contribution >= 4 is 22.9 Å². The van der Waals surface area contributed by atoms with E-state index in [4.69, 9.17) is 4.74 Å². The number of carbonyl (C=O) groups is 1. The van der Waals surface area contributed by atoms with Crippen LogP contribution in [0.5, 0.6) is 5.75 Å². The van der Waals surface area contributed by atoms with Gasteiger partial charge in [0.1, 0.15) is 15.6 Å². The van der Waals surface area contributed by atoms with E-state index in [1.54, 1.807) is 13.3 Å². The number of pyridine rings is 1. The zero-order valence-corrected chi connectivity index (χ0v) is 14.5. The molecule has 2 heterocycles. The summed E-state index contributed by atoms with van der Waals surface area (Å²) in [5.41, 5.74) is 3.14. The Morgan fingerprint density at radius 3 is 2.75 bits per heavy atom. The van der Waals surface area contributed by atoms with Gasteiger partial charge in [0, 0.05) is 6.20 Å². The lowest BCUT2D eigenvalue weighted by atomic mass is 10.2. The highest BCUT2D eigenvalue weighted by Crippen LogP contribution is 2.29. The number of methoxy groups -OCH3 is 1. The van der Waals surface area contributed by atoms with Crippen LogP contribution in [0, 0.1) is 13.8 Å². The number of amides is 1. The van der Waals surface area contributed by atoms with E-state index in [9.17, 15) is 4.79 Å². The van der Waals surface area contributed by atoms with Gasteiger partial charge in [0.25, 0.3) is 5.91 Å². The van der Waals surface area contributed by atoms with E-state index in [-0.39, 0.29) is 5.91 Å². The molecule has 6 heteroatoms. The summed E-state index contributed by atoms with van der Waals surface area (Å²) >= 11 is 1.33. The van der Waals surface area contributed by atoms with Gasteiger partial charge in [-0.05, 0) is 43.7 Å². The Labute approximate surface area is 144 Å². The Balaban J connectivity index is 1.89. The van der Waals surface area contributed by atoms with E-state index in [0.29, 0.717) is 22.0 Å². The topological polar surface area (TPSA) is 64.1 Å². The smallest absolute Gasteiger partial charge is 0.267 e. The minimum atomic E-state index is -0.198. The number of carbonyl (C=O) groups excluding carboxylic acids is 1. The third-order valence-electron chi connectivity index (χ3n) is 3.49. The van der Waals surface area contributed by atoms with Gasteiger partial charge in [-0.3, -0.25) is 9.78 Å². The molecule has 0 saturated carbocycles. The van der Waals surface area contributed by atoms with E-state index in [2.05, 4.69) is 15.3 Å². The zero-order chi connectivity index (χ0) is 17.1. The molecule has 24 heavy (non-hydrogen) atoms. The summed E-state index contributed by atoms with van der Waals surface area (Å²) in [4.78, 5) is 22.0. The van der Waals surface area contributed by atoms with Crippen LogP contribution in [0.15, 0.2) is 42.6 Å². The van der Waals surface area contributed by atoms with Crippen molar-refractivity contribution in [2.45, 2.75) is 13.8 Å². The van der Waals surface area contributed by atoms with Crippen molar-refractivity contribution in [1.29, 1.82) is 0 Å². The quantitative estimate of drug-likeness (QED) is 0.778. The zero-order valence-electron chi connectivity index (χ0n) is 13.7. The molecule has 0 bridgehead atoms. The highest BCUT2D eigenvalue weighted by molar-refractivity contribution is 7.17. The third kappa shape index (κ3) is 3.28. The van der Waals surface area contributed by atoms with Crippen LogP contribution in [-0.4, -0.2) is 23.0 Å². The number of benzene rings is 1. The van der Waals surface area contributed by atoms with E-state index in [1.807, 2.05) is 50.2 Å². The molecule has 0 fully saturated rings. The van der Waals surface area contributed by atoms with Gasteiger partial charge in [-0.1, -0.05) is 12.1 Å². The van der Waals surface area contributed by atoms with E-state index >= 15 is 0 Å². The van der Waals surface area contributed by atoms with Gasteiger partial charge in [0.15, 0.2) is 0 Å². The van der Waals surface area contributed by atoms with Crippen LogP contribution < -0.4 is 10.1 Å². The molecule has 5 nitrogen and oxygen atoms in total. The van der Waals surface area contributed by atoms with Crippen molar-refractivity contribution in [1.82, 2.24) is 9.97 Å². The normalized spacial score (nSPS) is 10.5. The number of nitrogens with one attached hydrogen (secondary N) is 1. The predicted molar refractivity (Wildman–Crippen MR) is 95.8 cm³/mol. The highest BCUT2D eigenvalue weighted by atomic mass is 32.1. The second kappa shape index (κ2) is 6.80. The lowest BCUT2D eigenvalue weighted by Gasteiger charge is -2.10. The fraction of sp³-hybridized carbons (Fsp3) is 0.167. The molecule has 0 saturated heterocycles. The molecule has 0 atom stereocenters. The lowest BCUT2D eigenvalue weighted by Crippen LogP contribution is -2.12. The van der Waals surface area contributed by atoms with Crippen molar-refractivity contribution in [2.75, 3.05) is 12.4 Å². The molecule has 0 spiro atoms. The van der Waals surface area contributed by atoms with Crippen molar-refractivity contribution in [3.63, 3.8) is 0 Å². The molecular weight excluding hydrogens is 322 g/mol. The van der Waals surface area contributed by atoms with Crippen LogP contribution in [0.1, 0.15) is 20.9 Å². The van der Waals surface area contributed by atoms with Gasteiger partial charge in [0.2, 0.25) is 0 Å². The van der Waals surface area contributed by atoms with Crippen LogP contribution in [-0.2, 0) is 0 Å². The number of nitrogens with zero attached hydrogens (tertiary/aromatic N) is 2. The molecule has 3 aromatic rings. The monoisotopic (exact) mass is 339 g/mol. The van der Waals surface area contributed by atoms with Crippen molar-refractivity contribution in [3.8, 4) is 16.5 Å². The second-order valence-electron chi connectivity index (χ2n) is 5.31. The number of ether oxygens (including phenoxy) is 1. The van der Waals surface area contributed by atoms with Gasteiger partial charge in [0.05, 0.1) is 24.2 Å². The van der Waals surface area contributed by atoms with Crippen LogP contribution >= 0.6 is 11.3 Å². The Morgan fingerprint density at radius 1 is 1.21 bits per heavy atom. The van der Waals surface area contributed by atoms with Crippen LogP contribution in [0.4, 0.5) is 5.69 Å². The summed E-state index contributed by atoms with van der Waals surface area (Å²) in [5, 5.41) is 3.64. The predicted octanol–water partition coefficient (Wildman–Crippen LogP) is 4.08. The van der Waals surface area contributed by atoms with Crippen molar-refractivity contribution < 1.29 is 9.53 Å². The summed E-state index contributed by atoms with van der Waals surface area (Å²) < 4.78 is 5.30. The first-order chi connectivity index (χ1) is 11.6. The Morgan fingerprint density at radius 2 is 2.04 bits per heavy atom. The maximum atomic E-state index is 12.6. The molecule has 0 unspecified atom stereocenters. The molecule has 3 rings (SSSR count). The van der Waals surface area contributed by atoms with Crippen LogP contribution in [0.25, 0.3) is 10.7 Å². The average Bonchev–Trinajstić information content (AvgIpc) is 2.98. The number of aryl methyl sites for hydroxylation is 2. The van der Waals surface area contributed by atoms with E-state index in [1.165, 1.54) is 11.3 Å². The number of anilines is 1. The van der Waals surface area contributed by atoms with Gasteiger partial charge in [-0.25, -0.2) is 4.98 Å². The molecular formula is C18H17N3O2S. The summed E-state index contributed by atoms with van der Waals surface area (Å²) in [5.74, 6) is 0.428. The molecule has 0 aliphatic carbocycles. The van der Waals surface area contributed by atoms with Crippen molar-refractivity contribution in [2.24, 2.45) is 0 Å². The highest BCUT2D eigenvalue weighted by Gasteiger charge is 2.18. The van der Waals surface area contributed by atoms with Gasteiger partial charge in [-0.15, -0.1) is 11.3 Å². The number of aromatic nitrogens is 2. The molecule has 1 aromatic carbocycles. The maximum absolute atomic E-state index is 12.6. The summed E-state index contributed by atoms with van der Waals surface area (Å²) in [6.45, 7) is 3.79. The summed E-state index contributed by atoms with van der Waals surface area (Å²) in [7, 11) is 1.58. The summed E-state index contributed by atoms with van der Waals surface area (Å²) in [6.07, 6.45) is 1.71. The largest absolute Gasteiger partial charge is 0.495 e. The Bertz CT molecular complexity index is 875. The average molecular weight is 339 g/mol. The van der Waals surface area contributed by atoms with Gasteiger partial charge < -0.3 is 10.1 Å². The van der Waals surface area contributed by atoms with Crippen molar-refractivity contribution in [3.05, 3.63) is 58.7 Å². The third-order valence-corrected chi connectivity index (χ3v) is 4.67.